The molecule has 0 amide bonds. The Labute approximate surface area is 119 Å². The fourth-order valence-corrected chi connectivity index (χ4v) is 1.97. The maximum atomic E-state index is 13.2. The number of nitrogens with zero attached hydrogens (tertiary/aromatic N) is 2. The summed E-state index contributed by atoms with van der Waals surface area (Å²) < 4.78 is 27.6. The van der Waals surface area contributed by atoms with Gasteiger partial charge in [-0.15, -0.1) is 0 Å². The zero-order chi connectivity index (χ0) is 14.8. The van der Waals surface area contributed by atoms with Crippen molar-refractivity contribution in [1.29, 1.82) is 0 Å². The molecule has 0 fully saturated rings. The molecule has 0 aliphatic heterocycles. The number of carbonyl (C=O) groups excluding carboxylic acids is 1. The van der Waals surface area contributed by atoms with Gasteiger partial charge in [0, 0.05) is 11.8 Å². The molecule has 104 valence electrons. The van der Waals surface area contributed by atoms with E-state index in [0.29, 0.717) is 5.56 Å². The molecule has 0 bridgehead atoms. The van der Waals surface area contributed by atoms with Gasteiger partial charge >= 0.3 is 0 Å². The smallest absolute Gasteiger partial charge is 0.196 e. The second-order valence-corrected chi connectivity index (χ2v) is 4.47. The van der Waals surface area contributed by atoms with Crippen molar-refractivity contribution in [3.8, 4) is 5.69 Å². The number of benzene rings is 2. The van der Waals surface area contributed by atoms with Crippen LogP contribution in [0.3, 0.4) is 0 Å². The third kappa shape index (κ3) is 2.58. The average molecular weight is 284 g/mol. The van der Waals surface area contributed by atoms with E-state index in [4.69, 9.17) is 0 Å². The van der Waals surface area contributed by atoms with Crippen LogP contribution in [-0.2, 0) is 0 Å². The number of hydrogen-bond acceptors (Lipinski definition) is 2. The molecule has 1 aromatic heterocycles. The lowest BCUT2D eigenvalue weighted by molar-refractivity contribution is 0.103. The number of halogens is 2. The topological polar surface area (TPSA) is 34.9 Å². The minimum atomic E-state index is -1.05. The number of rotatable bonds is 3. The molecule has 0 atom stereocenters. The van der Waals surface area contributed by atoms with Gasteiger partial charge in [0.1, 0.15) is 0 Å². The number of hydrogen-bond donors (Lipinski definition) is 0. The van der Waals surface area contributed by atoms with Crippen molar-refractivity contribution in [2.75, 3.05) is 0 Å². The Morgan fingerprint density at radius 2 is 1.71 bits per heavy atom. The van der Waals surface area contributed by atoms with Crippen molar-refractivity contribution in [2.24, 2.45) is 0 Å². The van der Waals surface area contributed by atoms with Gasteiger partial charge in [-0.1, -0.05) is 18.2 Å². The molecule has 0 saturated carbocycles. The van der Waals surface area contributed by atoms with Crippen molar-refractivity contribution in [3.05, 3.63) is 83.7 Å². The van der Waals surface area contributed by atoms with Crippen LogP contribution in [0, 0.1) is 11.6 Å². The monoisotopic (exact) mass is 284 g/mol. The number of para-hydroxylation sites is 1. The normalized spacial score (nSPS) is 10.6. The van der Waals surface area contributed by atoms with Gasteiger partial charge in [-0.3, -0.25) is 4.79 Å². The van der Waals surface area contributed by atoms with Crippen LogP contribution in [0.4, 0.5) is 8.78 Å². The lowest BCUT2D eigenvalue weighted by Crippen LogP contribution is -2.01. The molecule has 0 radical (unpaired) electrons. The summed E-state index contributed by atoms with van der Waals surface area (Å²) >= 11 is 0. The van der Waals surface area contributed by atoms with Gasteiger partial charge < -0.3 is 0 Å². The van der Waals surface area contributed by atoms with Crippen LogP contribution >= 0.6 is 0 Å². The van der Waals surface area contributed by atoms with E-state index in [1.54, 1.807) is 10.9 Å². The lowest BCUT2D eigenvalue weighted by Gasteiger charge is -2.00. The van der Waals surface area contributed by atoms with Gasteiger partial charge in [-0.25, -0.2) is 13.5 Å². The van der Waals surface area contributed by atoms with E-state index >= 15 is 0 Å². The molecule has 3 nitrogen and oxygen atoms in total. The summed E-state index contributed by atoms with van der Waals surface area (Å²) in [4.78, 5) is 12.2. The molecule has 2 aromatic carbocycles. The maximum absolute atomic E-state index is 13.2. The molecule has 3 rings (SSSR count). The van der Waals surface area contributed by atoms with Crippen LogP contribution in [0.5, 0.6) is 0 Å². The average Bonchev–Trinajstić information content (AvgIpc) is 3.00. The second-order valence-electron chi connectivity index (χ2n) is 4.47. The van der Waals surface area contributed by atoms with Crippen LogP contribution in [0.15, 0.2) is 60.9 Å². The molecule has 0 spiro atoms. The van der Waals surface area contributed by atoms with Crippen LogP contribution in [0.2, 0.25) is 0 Å². The Bertz CT molecular complexity index is 797. The quantitative estimate of drug-likeness (QED) is 0.691. The Morgan fingerprint density at radius 3 is 2.43 bits per heavy atom. The first-order valence-corrected chi connectivity index (χ1v) is 6.25. The van der Waals surface area contributed by atoms with E-state index in [-0.39, 0.29) is 5.56 Å². The van der Waals surface area contributed by atoms with Crippen LogP contribution in [0.25, 0.3) is 5.69 Å². The summed E-state index contributed by atoms with van der Waals surface area (Å²) in [6.07, 6.45) is 2.95. The number of ketones is 1. The zero-order valence-electron chi connectivity index (χ0n) is 10.8. The van der Waals surface area contributed by atoms with Crippen molar-refractivity contribution >= 4 is 5.78 Å². The first-order chi connectivity index (χ1) is 10.1. The Morgan fingerprint density at radius 1 is 0.952 bits per heavy atom. The van der Waals surface area contributed by atoms with Crippen molar-refractivity contribution in [3.63, 3.8) is 0 Å². The molecule has 0 unspecified atom stereocenters. The highest BCUT2D eigenvalue weighted by atomic mass is 19.2. The molecular weight excluding hydrogens is 274 g/mol. The lowest BCUT2D eigenvalue weighted by atomic mass is 10.1. The summed E-state index contributed by atoms with van der Waals surface area (Å²) in [5, 5.41) is 4.10. The van der Waals surface area contributed by atoms with Gasteiger partial charge in [-0.05, 0) is 30.3 Å². The zero-order valence-corrected chi connectivity index (χ0v) is 10.8. The predicted molar refractivity (Wildman–Crippen MR) is 73.4 cm³/mol. The summed E-state index contributed by atoms with van der Waals surface area (Å²) in [6.45, 7) is 0. The highest BCUT2D eigenvalue weighted by Gasteiger charge is 2.14. The van der Waals surface area contributed by atoms with E-state index in [1.807, 2.05) is 30.3 Å². The number of aromatic nitrogens is 2. The molecule has 0 N–H and O–H groups in total. The molecule has 0 saturated heterocycles. The van der Waals surface area contributed by atoms with Gasteiger partial charge in [0.25, 0.3) is 0 Å². The second kappa shape index (κ2) is 5.28. The Balaban J connectivity index is 1.92. The number of carbonyl (C=O) groups is 1. The molecule has 0 aliphatic rings. The van der Waals surface area contributed by atoms with Crippen LogP contribution in [0.1, 0.15) is 15.9 Å². The highest BCUT2D eigenvalue weighted by molar-refractivity contribution is 6.08. The first kappa shape index (κ1) is 13.2. The van der Waals surface area contributed by atoms with Gasteiger partial charge in [0.2, 0.25) is 0 Å². The Kier molecular flexibility index (Phi) is 3.31. The van der Waals surface area contributed by atoms with E-state index in [0.717, 1.165) is 17.8 Å². The summed E-state index contributed by atoms with van der Waals surface area (Å²) in [5.74, 6) is -2.43. The van der Waals surface area contributed by atoms with Gasteiger partial charge in [0.05, 0.1) is 17.4 Å². The first-order valence-electron chi connectivity index (χ1n) is 6.25. The molecule has 5 heteroatoms. The summed E-state index contributed by atoms with van der Waals surface area (Å²) in [5.41, 5.74) is 1.20. The largest absolute Gasteiger partial charge is 0.288 e. The minimum absolute atomic E-state index is 0.0847. The minimum Gasteiger partial charge on any atom is -0.288 e. The Hall–Kier alpha value is -2.82. The standard InChI is InChI=1S/C16H10F2N2O/c17-14-7-6-11(8-15(14)18)16(21)12-9-19-20(10-12)13-4-2-1-3-5-13/h1-10H. The molecule has 3 aromatic rings. The van der Waals surface area contributed by atoms with E-state index in [2.05, 4.69) is 5.10 Å². The molecule has 0 aliphatic carbocycles. The van der Waals surface area contributed by atoms with Gasteiger partial charge in [-0.2, -0.15) is 5.10 Å². The third-order valence-electron chi connectivity index (χ3n) is 3.05. The predicted octanol–water partition coefficient (Wildman–Crippen LogP) is 3.38. The maximum Gasteiger partial charge on any atom is 0.196 e. The van der Waals surface area contributed by atoms with Gasteiger partial charge in [0.15, 0.2) is 17.4 Å². The van der Waals surface area contributed by atoms with E-state index < -0.39 is 17.4 Å². The third-order valence-corrected chi connectivity index (χ3v) is 3.05. The fourth-order valence-electron chi connectivity index (χ4n) is 1.97. The van der Waals surface area contributed by atoms with Crippen molar-refractivity contribution < 1.29 is 13.6 Å². The molecule has 21 heavy (non-hydrogen) atoms. The molecular formula is C16H10F2N2O. The van der Waals surface area contributed by atoms with Crippen LogP contribution in [-0.4, -0.2) is 15.6 Å². The fraction of sp³-hybridized carbons (Fsp3) is 0. The summed E-state index contributed by atoms with van der Waals surface area (Å²) in [6, 6.07) is 12.3. The SMILES string of the molecule is O=C(c1ccc(F)c(F)c1)c1cnn(-c2ccccc2)c1. The van der Waals surface area contributed by atoms with Crippen LogP contribution < -0.4 is 0 Å². The summed E-state index contributed by atoms with van der Waals surface area (Å²) in [7, 11) is 0. The van der Waals surface area contributed by atoms with E-state index in [1.165, 1.54) is 12.3 Å². The van der Waals surface area contributed by atoms with Crippen molar-refractivity contribution in [1.82, 2.24) is 9.78 Å². The molecule has 1 heterocycles. The highest BCUT2D eigenvalue weighted by Crippen LogP contribution is 2.15. The van der Waals surface area contributed by atoms with E-state index in [9.17, 15) is 13.6 Å². The van der Waals surface area contributed by atoms with Crippen molar-refractivity contribution in [2.45, 2.75) is 0 Å².